The van der Waals surface area contributed by atoms with E-state index in [-0.39, 0.29) is 30.3 Å². The van der Waals surface area contributed by atoms with E-state index in [1.807, 2.05) is 13.8 Å². The summed E-state index contributed by atoms with van der Waals surface area (Å²) >= 11 is 0. The lowest BCUT2D eigenvalue weighted by molar-refractivity contribution is -0.144. The van der Waals surface area contributed by atoms with E-state index in [4.69, 9.17) is 5.11 Å². The zero-order valence-electron chi connectivity index (χ0n) is 11.9. The van der Waals surface area contributed by atoms with Crippen LogP contribution in [-0.4, -0.2) is 36.1 Å². The third-order valence-corrected chi connectivity index (χ3v) is 3.94. The van der Waals surface area contributed by atoms with Gasteiger partial charge in [0.15, 0.2) is 0 Å². The molecule has 0 aromatic heterocycles. The van der Waals surface area contributed by atoms with Gasteiger partial charge in [-0.25, -0.2) is 0 Å². The number of aliphatic carboxylic acids is 1. The van der Waals surface area contributed by atoms with Gasteiger partial charge >= 0.3 is 5.97 Å². The normalized spacial score (nSPS) is 24.7. The maximum absolute atomic E-state index is 11.6. The third kappa shape index (κ3) is 5.59. The summed E-state index contributed by atoms with van der Waals surface area (Å²) in [5, 5.41) is 15.1. The van der Waals surface area contributed by atoms with Crippen LogP contribution in [0.15, 0.2) is 0 Å². The molecule has 1 saturated carbocycles. The van der Waals surface area contributed by atoms with Crippen molar-refractivity contribution in [2.75, 3.05) is 13.1 Å². The molecule has 0 saturated heterocycles. The molecule has 110 valence electrons. The van der Waals surface area contributed by atoms with Crippen molar-refractivity contribution in [3.63, 3.8) is 0 Å². The average Bonchev–Trinajstić information content (AvgIpc) is 2.38. The number of nitrogens with one attached hydrogen (secondary N) is 2. The van der Waals surface area contributed by atoms with Crippen LogP contribution in [0.3, 0.4) is 0 Å². The van der Waals surface area contributed by atoms with Gasteiger partial charge in [-0.15, -0.1) is 0 Å². The average molecular weight is 270 g/mol. The zero-order chi connectivity index (χ0) is 14.3. The van der Waals surface area contributed by atoms with Crippen LogP contribution >= 0.6 is 0 Å². The number of carbonyl (C=O) groups excluding carboxylic acids is 1. The van der Waals surface area contributed by atoms with Crippen molar-refractivity contribution in [2.45, 2.75) is 52.0 Å². The Hall–Kier alpha value is -1.10. The fourth-order valence-electron chi connectivity index (χ4n) is 2.58. The highest BCUT2D eigenvalue weighted by molar-refractivity contribution is 5.78. The second-order valence-electron chi connectivity index (χ2n) is 5.50. The molecule has 19 heavy (non-hydrogen) atoms. The van der Waals surface area contributed by atoms with E-state index >= 15 is 0 Å². The molecule has 1 aliphatic carbocycles. The maximum atomic E-state index is 11.6. The van der Waals surface area contributed by atoms with Gasteiger partial charge in [0.05, 0.1) is 12.5 Å². The number of carboxylic acids is 1. The summed E-state index contributed by atoms with van der Waals surface area (Å²) in [5.74, 6) is -0.811. The Morgan fingerprint density at radius 2 is 2.00 bits per heavy atom. The van der Waals surface area contributed by atoms with Crippen molar-refractivity contribution in [3.8, 4) is 0 Å². The predicted octanol–water partition coefficient (Wildman–Crippen LogP) is 1.38. The predicted molar refractivity (Wildman–Crippen MR) is 73.8 cm³/mol. The van der Waals surface area contributed by atoms with Gasteiger partial charge in [-0.2, -0.15) is 0 Å². The standard InChI is InChI=1S/C14H26N2O3/c1-3-10(2)16-13(17)9-15-8-11-6-4-5-7-12(11)14(18)19/h10-12,15H,3-9H2,1-2H3,(H,16,17)(H,18,19). The lowest BCUT2D eigenvalue weighted by Gasteiger charge is -2.28. The highest BCUT2D eigenvalue weighted by Gasteiger charge is 2.30. The molecule has 0 radical (unpaired) electrons. The summed E-state index contributed by atoms with van der Waals surface area (Å²) in [6.07, 6.45) is 4.71. The lowest BCUT2D eigenvalue weighted by Crippen LogP contribution is -2.41. The highest BCUT2D eigenvalue weighted by atomic mass is 16.4. The minimum absolute atomic E-state index is 0.0166. The Morgan fingerprint density at radius 3 is 2.63 bits per heavy atom. The molecular weight excluding hydrogens is 244 g/mol. The van der Waals surface area contributed by atoms with E-state index in [1.54, 1.807) is 0 Å². The molecule has 1 amide bonds. The van der Waals surface area contributed by atoms with Crippen molar-refractivity contribution >= 4 is 11.9 Å². The Balaban J connectivity index is 2.27. The molecule has 0 aromatic rings. The second kappa shape index (κ2) is 8.15. The SMILES string of the molecule is CCC(C)NC(=O)CNCC1CCCCC1C(=O)O. The summed E-state index contributed by atoms with van der Waals surface area (Å²) in [7, 11) is 0. The van der Waals surface area contributed by atoms with Gasteiger partial charge in [0.1, 0.15) is 0 Å². The van der Waals surface area contributed by atoms with Crippen LogP contribution in [0.1, 0.15) is 46.0 Å². The molecule has 5 heteroatoms. The molecule has 0 aromatic carbocycles. The monoisotopic (exact) mass is 270 g/mol. The van der Waals surface area contributed by atoms with Crippen LogP contribution in [-0.2, 0) is 9.59 Å². The molecule has 5 nitrogen and oxygen atoms in total. The summed E-state index contributed by atoms with van der Waals surface area (Å²) in [6.45, 7) is 4.88. The number of carbonyl (C=O) groups is 2. The minimum Gasteiger partial charge on any atom is -0.481 e. The number of amides is 1. The van der Waals surface area contributed by atoms with Crippen molar-refractivity contribution in [1.82, 2.24) is 10.6 Å². The largest absolute Gasteiger partial charge is 0.481 e. The summed E-state index contributed by atoms with van der Waals surface area (Å²) in [5.41, 5.74) is 0. The van der Waals surface area contributed by atoms with E-state index in [0.29, 0.717) is 6.54 Å². The zero-order valence-corrected chi connectivity index (χ0v) is 11.9. The van der Waals surface area contributed by atoms with Gasteiger partial charge in [0.2, 0.25) is 5.91 Å². The van der Waals surface area contributed by atoms with E-state index in [1.165, 1.54) is 0 Å². The number of rotatable bonds is 7. The summed E-state index contributed by atoms with van der Waals surface area (Å²) in [4.78, 5) is 22.7. The first kappa shape index (κ1) is 16.0. The Labute approximate surface area is 115 Å². The molecule has 0 aliphatic heterocycles. The van der Waals surface area contributed by atoms with Crippen LogP contribution in [0.5, 0.6) is 0 Å². The molecule has 0 heterocycles. The van der Waals surface area contributed by atoms with Crippen LogP contribution in [0.25, 0.3) is 0 Å². The van der Waals surface area contributed by atoms with Crippen LogP contribution in [0, 0.1) is 11.8 Å². The van der Waals surface area contributed by atoms with Gasteiger partial charge in [-0.3, -0.25) is 9.59 Å². The van der Waals surface area contributed by atoms with Crippen molar-refractivity contribution in [2.24, 2.45) is 11.8 Å². The first-order chi connectivity index (χ1) is 9.04. The summed E-state index contributed by atoms with van der Waals surface area (Å²) in [6, 6.07) is 0.191. The van der Waals surface area contributed by atoms with Crippen LogP contribution < -0.4 is 10.6 Å². The van der Waals surface area contributed by atoms with Crippen LogP contribution in [0.4, 0.5) is 0 Å². The number of carboxylic acid groups (broad SMARTS) is 1. The fourth-order valence-corrected chi connectivity index (χ4v) is 2.58. The molecule has 1 rings (SSSR count). The van der Waals surface area contributed by atoms with E-state index in [9.17, 15) is 9.59 Å². The topological polar surface area (TPSA) is 78.4 Å². The van der Waals surface area contributed by atoms with E-state index < -0.39 is 5.97 Å². The lowest BCUT2D eigenvalue weighted by atomic mass is 9.79. The highest BCUT2D eigenvalue weighted by Crippen LogP contribution is 2.29. The first-order valence-corrected chi connectivity index (χ1v) is 7.27. The van der Waals surface area contributed by atoms with Crippen LogP contribution in [0.2, 0.25) is 0 Å². The Bertz CT molecular complexity index is 307. The van der Waals surface area contributed by atoms with Gasteiger partial charge in [-0.1, -0.05) is 19.8 Å². The molecule has 3 unspecified atom stereocenters. The van der Waals surface area contributed by atoms with E-state index in [0.717, 1.165) is 32.1 Å². The molecule has 1 aliphatic rings. The third-order valence-electron chi connectivity index (χ3n) is 3.94. The molecule has 3 atom stereocenters. The van der Waals surface area contributed by atoms with Crippen molar-refractivity contribution < 1.29 is 14.7 Å². The molecule has 1 fully saturated rings. The number of hydrogen-bond donors (Lipinski definition) is 3. The Morgan fingerprint density at radius 1 is 1.32 bits per heavy atom. The van der Waals surface area contributed by atoms with Gasteiger partial charge in [0, 0.05) is 6.04 Å². The molecule has 3 N–H and O–H groups in total. The summed E-state index contributed by atoms with van der Waals surface area (Å²) < 4.78 is 0. The fraction of sp³-hybridized carbons (Fsp3) is 0.857. The maximum Gasteiger partial charge on any atom is 0.306 e. The van der Waals surface area contributed by atoms with Crippen molar-refractivity contribution in [1.29, 1.82) is 0 Å². The Kier molecular flexibility index (Phi) is 6.84. The van der Waals surface area contributed by atoms with Gasteiger partial charge < -0.3 is 15.7 Å². The van der Waals surface area contributed by atoms with Crippen molar-refractivity contribution in [3.05, 3.63) is 0 Å². The molecule has 0 bridgehead atoms. The smallest absolute Gasteiger partial charge is 0.306 e. The van der Waals surface area contributed by atoms with Gasteiger partial charge in [-0.05, 0) is 38.6 Å². The first-order valence-electron chi connectivity index (χ1n) is 7.27. The number of hydrogen-bond acceptors (Lipinski definition) is 3. The molecular formula is C14H26N2O3. The molecule has 0 spiro atoms. The second-order valence-corrected chi connectivity index (χ2v) is 5.50. The van der Waals surface area contributed by atoms with E-state index in [2.05, 4.69) is 10.6 Å². The van der Waals surface area contributed by atoms with Gasteiger partial charge in [0.25, 0.3) is 0 Å². The quantitative estimate of drug-likeness (QED) is 0.653. The minimum atomic E-state index is -0.699.